The molecule has 1 aromatic heterocycles. The number of aliphatic hydroxyl groups is 2. The zero-order valence-electron chi connectivity index (χ0n) is 29.7. The maximum atomic E-state index is 13.3. The molecule has 0 spiro atoms. The first-order chi connectivity index (χ1) is 24.6. The Kier molecular flexibility index (Phi) is 11.5. The fourth-order valence-electron chi connectivity index (χ4n) is 10.2. The van der Waals surface area contributed by atoms with Crippen LogP contribution in [0.3, 0.4) is 0 Å². The van der Waals surface area contributed by atoms with Crippen LogP contribution in [-0.4, -0.2) is 70.0 Å². The number of aromatic nitrogens is 2. The monoisotopic (exact) mass is 712 g/mol. The van der Waals surface area contributed by atoms with Crippen LogP contribution in [0.25, 0.3) is 0 Å². The highest BCUT2D eigenvalue weighted by atomic mass is 19.4. The Morgan fingerprint density at radius 2 is 1.43 bits per heavy atom. The zero-order chi connectivity index (χ0) is 35.5. The molecule has 5 aliphatic rings. The summed E-state index contributed by atoms with van der Waals surface area (Å²) in [4.78, 5) is 22.9. The predicted octanol–water partition coefficient (Wildman–Crippen LogP) is 7.69. The molecule has 2 aromatic rings. The summed E-state index contributed by atoms with van der Waals surface area (Å²) in [7, 11) is 0. The summed E-state index contributed by atoms with van der Waals surface area (Å²) in [5.41, 5.74) is 0.957. The van der Waals surface area contributed by atoms with E-state index in [1.165, 1.54) is 50.6 Å². The van der Waals surface area contributed by atoms with Crippen molar-refractivity contribution in [2.75, 3.05) is 29.9 Å². The SMILES string of the molecule is O=C(c1ccc(N2CCC(CC3CCC([C@H]4OC[C@H](Nc5cncc(C(F)(F)F)n5)[C@@H](O)[C@H]4O)CC3)CC2)cc1)C1CCC(C2CCCC2)CC1. The molecular weight excluding hydrogens is 657 g/mol. The average Bonchev–Trinajstić information content (AvgIpc) is 3.70. The van der Waals surface area contributed by atoms with Crippen LogP contribution in [0.1, 0.15) is 112 Å². The molecule has 2 saturated heterocycles. The number of alkyl halides is 3. The molecule has 5 fully saturated rings. The molecule has 3 N–H and O–H groups in total. The van der Waals surface area contributed by atoms with Crippen molar-refractivity contribution in [1.82, 2.24) is 9.97 Å². The van der Waals surface area contributed by atoms with Crippen molar-refractivity contribution in [3.63, 3.8) is 0 Å². The second-order valence-electron chi connectivity index (χ2n) is 16.3. The van der Waals surface area contributed by atoms with Crippen LogP contribution in [0, 0.1) is 35.5 Å². The average molecular weight is 713 g/mol. The minimum Gasteiger partial charge on any atom is -0.388 e. The molecule has 0 radical (unpaired) electrons. The molecule has 1 aromatic carbocycles. The van der Waals surface area contributed by atoms with E-state index in [2.05, 4.69) is 44.5 Å². The number of carbonyl (C=O) groups excluding carboxylic acids is 1. The van der Waals surface area contributed by atoms with Gasteiger partial charge in [-0.15, -0.1) is 0 Å². The number of halogens is 3. The molecular formula is C40H55F3N4O4. The van der Waals surface area contributed by atoms with E-state index in [0.29, 0.717) is 23.8 Å². The number of rotatable bonds is 9. The van der Waals surface area contributed by atoms with Gasteiger partial charge < -0.3 is 25.2 Å². The van der Waals surface area contributed by atoms with Crippen molar-refractivity contribution in [3.05, 3.63) is 47.9 Å². The first kappa shape index (κ1) is 36.6. The molecule has 11 heteroatoms. The van der Waals surface area contributed by atoms with Crippen LogP contribution in [0.5, 0.6) is 0 Å². The Morgan fingerprint density at radius 3 is 2.10 bits per heavy atom. The number of carbonyl (C=O) groups is 1. The van der Waals surface area contributed by atoms with Gasteiger partial charge in [0.25, 0.3) is 0 Å². The van der Waals surface area contributed by atoms with E-state index >= 15 is 0 Å². The van der Waals surface area contributed by atoms with Gasteiger partial charge in [0.05, 0.1) is 31.1 Å². The van der Waals surface area contributed by atoms with Gasteiger partial charge in [0.15, 0.2) is 11.5 Å². The van der Waals surface area contributed by atoms with Gasteiger partial charge in [0, 0.05) is 30.3 Å². The number of anilines is 2. The number of piperidine rings is 1. The van der Waals surface area contributed by atoms with Crippen molar-refractivity contribution in [2.45, 2.75) is 127 Å². The summed E-state index contributed by atoms with van der Waals surface area (Å²) in [6, 6.07) is 7.61. The zero-order valence-corrected chi connectivity index (χ0v) is 29.7. The molecule has 7 rings (SSSR count). The summed E-state index contributed by atoms with van der Waals surface area (Å²) in [5.74, 6) is 3.62. The number of Topliss-reactive ketones (excluding diaryl/α,β-unsaturated/α-hetero) is 1. The van der Waals surface area contributed by atoms with Gasteiger partial charge >= 0.3 is 6.18 Å². The highest BCUT2D eigenvalue weighted by Crippen LogP contribution is 2.42. The number of hydrogen-bond donors (Lipinski definition) is 3. The Bertz CT molecular complexity index is 1430. The van der Waals surface area contributed by atoms with Crippen molar-refractivity contribution in [1.29, 1.82) is 0 Å². The number of nitrogens with zero attached hydrogens (tertiary/aromatic N) is 3. The lowest BCUT2D eigenvalue weighted by Crippen LogP contribution is -2.58. The molecule has 3 heterocycles. The van der Waals surface area contributed by atoms with Gasteiger partial charge in [-0.1, -0.05) is 38.5 Å². The van der Waals surface area contributed by atoms with Crippen LogP contribution >= 0.6 is 0 Å². The smallest absolute Gasteiger partial charge is 0.388 e. The second kappa shape index (κ2) is 16.1. The van der Waals surface area contributed by atoms with Gasteiger partial charge in [-0.25, -0.2) is 4.98 Å². The number of ether oxygens (including phenoxy) is 1. The highest BCUT2D eigenvalue weighted by molar-refractivity contribution is 5.98. The molecule has 280 valence electrons. The minimum atomic E-state index is -4.63. The van der Waals surface area contributed by atoms with E-state index in [1.54, 1.807) is 0 Å². The van der Waals surface area contributed by atoms with Crippen LogP contribution < -0.4 is 10.2 Å². The highest BCUT2D eigenvalue weighted by Gasteiger charge is 2.43. The summed E-state index contributed by atoms with van der Waals surface area (Å²) < 4.78 is 45.1. The van der Waals surface area contributed by atoms with E-state index < -0.39 is 36.2 Å². The van der Waals surface area contributed by atoms with E-state index in [4.69, 9.17) is 4.74 Å². The molecule has 8 nitrogen and oxygen atoms in total. The topological polar surface area (TPSA) is 108 Å². The lowest BCUT2D eigenvalue weighted by molar-refractivity contribution is -0.163. The van der Waals surface area contributed by atoms with Gasteiger partial charge in [-0.3, -0.25) is 9.78 Å². The fourth-order valence-corrected chi connectivity index (χ4v) is 10.2. The Balaban J connectivity index is 0.814. The largest absolute Gasteiger partial charge is 0.434 e. The first-order valence-corrected chi connectivity index (χ1v) is 19.6. The number of aliphatic hydroxyl groups excluding tert-OH is 2. The van der Waals surface area contributed by atoms with Crippen LogP contribution in [0.2, 0.25) is 0 Å². The number of benzene rings is 1. The van der Waals surface area contributed by atoms with Crippen molar-refractivity contribution in [3.8, 4) is 0 Å². The molecule has 0 amide bonds. The first-order valence-electron chi connectivity index (χ1n) is 19.6. The third-order valence-corrected chi connectivity index (χ3v) is 13.2. The van der Waals surface area contributed by atoms with Gasteiger partial charge in [0.1, 0.15) is 18.0 Å². The van der Waals surface area contributed by atoms with Gasteiger partial charge in [0.2, 0.25) is 0 Å². The van der Waals surface area contributed by atoms with Gasteiger partial charge in [-0.05, 0) is 112 Å². The van der Waals surface area contributed by atoms with E-state index in [1.807, 2.05) is 0 Å². The quantitative estimate of drug-likeness (QED) is 0.227. The van der Waals surface area contributed by atoms with E-state index in [-0.39, 0.29) is 24.3 Å². The second-order valence-corrected chi connectivity index (χ2v) is 16.3. The van der Waals surface area contributed by atoms with Crippen molar-refractivity contribution < 1.29 is 32.9 Å². The summed E-state index contributed by atoms with van der Waals surface area (Å²) in [6.45, 7) is 2.11. The number of hydrogen-bond acceptors (Lipinski definition) is 8. The van der Waals surface area contributed by atoms with E-state index in [9.17, 15) is 28.2 Å². The molecule has 51 heavy (non-hydrogen) atoms. The van der Waals surface area contributed by atoms with Crippen molar-refractivity contribution >= 4 is 17.3 Å². The standard InChI is InChI=1S/C40H55F3N4O4/c41-40(42,43)34-22-44-23-35(46-34)45-33-24-51-39(38(50)37(33)49)31-7-5-25(6-8-31)21-26-17-19-47(20-18-26)32-15-13-30(14-16-32)36(48)29-11-9-28(10-12-29)27-3-1-2-4-27/h13-16,22-23,25-29,31,33,37-39,49-50H,1-12,17-21,24H2,(H,45,46)/t25?,28?,29?,31?,33-,37+,38+,39+/m0/s1. The van der Waals surface area contributed by atoms with Crippen LogP contribution in [0.15, 0.2) is 36.7 Å². The summed E-state index contributed by atoms with van der Waals surface area (Å²) in [6.07, 6.45) is 12.0. The molecule has 0 bridgehead atoms. The summed E-state index contributed by atoms with van der Waals surface area (Å²) >= 11 is 0. The third kappa shape index (κ3) is 8.73. The molecule has 0 unspecified atom stereocenters. The molecule has 4 atom stereocenters. The maximum Gasteiger partial charge on any atom is 0.434 e. The Morgan fingerprint density at radius 1 is 0.804 bits per heavy atom. The number of nitrogens with one attached hydrogen (secondary N) is 1. The fraction of sp³-hybridized carbons (Fsp3) is 0.725. The number of ketones is 1. The van der Waals surface area contributed by atoms with Crippen LogP contribution in [0.4, 0.5) is 24.7 Å². The molecule has 2 aliphatic heterocycles. The third-order valence-electron chi connectivity index (χ3n) is 13.2. The van der Waals surface area contributed by atoms with E-state index in [0.717, 1.165) is 88.1 Å². The Hall–Kier alpha value is -2.76. The lowest BCUT2D eigenvalue weighted by Gasteiger charge is -2.43. The molecule has 3 aliphatic carbocycles. The van der Waals surface area contributed by atoms with Gasteiger partial charge in [-0.2, -0.15) is 13.2 Å². The maximum absolute atomic E-state index is 13.3. The lowest BCUT2D eigenvalue weighted by atomic mass is 9.73. The van der Waals surface area contributed by atoms with Crippen LogP contribution in [-0.2, 0) is 10.9 Å². The van der Waals surface area contributed by atoms with Crippen molar-refractivity contribution in [2.24, 2.45) is 35.5 Å². The minimum absolute atomic E-state index is 0.0552. The summed E-state index contributed by atoms with van der Waals surface area (Å²) in [5, 5.41) is 24.6. The molecule has 3 saturated carbocycles. The normalized spacial score (nSPS) is 32.9. The Labute approximate surface area is 300 Å². The predicted molar refractivity (Wildman–Crippen MR) is 189 cm³/mol.